The molecule has 0 aromatic heterocycles. The average molecular weight is 355 g/mol. The van der Waals surface area contributed by atoms with Crippen LogP contribution in [-0.2, 0) is 4.74 Å². The number of hydrogen-bond acceptors (Lipinski definition) is 5. The van der Waals surface area contributed by atoms with Crippen LogP contribution in [0.25, 0.3) is 0 Å². The molecule has 0 aliphatic heterocycles. The third kappa shape index (κ3) is 7.96. The lowest BCUT2D eigenvalue weighted by Gasteiger charge is -2.11. The van der Waals surface area contributed by atoms with Crippen LogP contribution in [0.1, 0.15) is 10.4 Å². The summed E-state index contributed by atoms with van der Waals surface area (Å²) in [7, 11) is 2.92. The van der Waals surface area contributed by atoms with Gasteiger partial charge in [-0.1, -0.05) is 0 Å². The monoisotopic (exact) mass is 354 g/mol. The van der Waals surface area contributed by atoms with Crippen molar-refractivity contribution in [3.63, 3.8) is 0 Å². The van der Waals surface area contributed by atoms with E-state index in [-0.39, 0.29) is 29.8 Å². The van der Waals surface area contributed by atoms with Crippen LogP contribution in [0, 0.1) is 0 Å². The van der Waals surface area contributed by atoms with Gasteiger partial charge in [0, 0.05) is 32.3 Å². The van der Waals surface area contributed by atoms with Crippen molar-refractivity contribution in [3.8, 4) is 11.5 Å². The van der Waals surface area contributed by atoms with Crippen LogP contribution >= 0.6 is 12.4 Å². The smallest absolute Gasteiger partial charge is 0.387 e. The van der Waals surface area contributed by atoms with Gasteiger partial charge in [0.25, 0.3) is 5.91 Å². The Hall–Kier alpha value is -1.64. The summed E-state index contributed by atoms with van der Waals surface area (Å²) in [5, 5.41) is 5.78. The summed E-state index contributed by atoms with van der Waals surface area (Å²) < 4.78 is 38.5. The Morgan fingerprint density at radius 2 is 1.91 bits per heavy atom. The molecule has 9 heteroatoms. The fourth-order valence-electron chi connectivity index (χ4n) is 1.67. The Kier molecular flexibility index (Phi) is 11.0. The predicted octanol–water partition coefficient (Wildman–Crippen LogP) is 1.68. The molecule has 1 amide bonds. The first-order chi connectivity index (χ1) is 10.6. The minimum absolute atomic E-state index is 0. The minimum Gasteiger partial charge on any atom is -0.493 e. The number of amides is 1. The van der Waals surface area contributed by atoms with Crippen LogP contribution < -0.4 is 20.1 Å². The van der Waals surface area contributed by atoms with Crippen molar-refractivity contribution in [2.75, 3.05) is 40.5 Å². The molecule has 23 heavy (non-hydrogen) atoms. The second-order valence-electron chi connectivity index (χ2n) is 4.24. The number of hydrogen-bond donors (Lipinski definition) is 2. The van der Waals surface area contributed by atoms with Gasteiger partial charge in [-0.3, -0.25) is 4.79 Å². The van der Waals surface area contributed by atoms with E-state index in [0.717, 1.165) is 0 Å². The molecule has 0 spiro atoms. The van der Waals surface area contributed by atoms with Crippen molar-refractivity contribution < 1.29 is 27.8 Å². The van der Waals surface area contributed by atoms with Gasteiger partial charge in [0.05, 0.1) is 13.7 Å². The number of benzene rings is 1. The highest BCUT2D eigenvalue weighted by Gasteiger charge is 2.13. The molecule has 0 aliphatic carbocycles. The number of carbonyl (C=O) groups excluding carboxylic acids is 1. The second kappa shape index (κ2) is 11.9. The van der Waals surface area contributed by atoms with E-state index in [1.807, 2.05) is 0 Å². The summed E-state index contributed by atoms with van der Waals surface area (Å²) >= 11 is 0. The summed E-state index contributed by atoms with van der Waals surface area (Å²) in [6.45, 7) is -0.637. The Morgan fingerprint density at radius 3 is 2.52 bits per heavy atom. The van der Waals surface area contributed by atoms with Crippen molar-refractivity contribution in [3.05, 3.63) is 23.8 Å². The van der Waals surface area contributed by atoms with Crippen LogP contribution in [0.15, 0.2) is 18.2 Å². The fourth-order valence-corrected chi connectivity index (χ4v) is 1.67. The number of alkyl halides is 2. The van der Waals surface area contributed by atoms with Crippen LogP contribution in [0.4, 0.5) is 8.78 Å². The third-order valence-electron chi connectivity index (χ3n) is 2.71. The number of methoxy groups -OCH3 is 2. The normalized spacial score (nSPS) is 10.1. The maximum atomic E-state index is 12.2. The maximum absolute atomic E-state index is 12.2. The van der Waals surface area contributed by atoms with Crippen molar-refractivity contribution in [1.82, 2.24) is 10.6 Å². The van der Waals surface area contributed by atoms with E-state index in [0.29, 0.717) is 31.8 Å². The number of rotatable bonds is 10. The summed E-state index contributed by atoms with van der Waals surface area (Å²) in [5.41, 5.74) is 0.301. The Balaban J connectivity index is 0.00000484. The molecular weight excluding hydrogens is 334 g/mol. The molecule has 0 unspecified atom stereocenters. The largest absolute Gasteiger partial charge is 0.493 e. The van der Waals surface area contributed by atoms with Gasteiger partial charge in [-0.15, -0.1) is 12.4 Å². The lowest BCUT2D eigenvalue weighted by molar-refractivity contribution is -0.0512. The van der Waals surface area contributed by atoms with Gasteiger partial charge in [-0.25, -0.2) is 0 Å². The van der Waals surface area contributed by atoms with Crippen LogP contribution in [-0.4, -0.2) is 53.0 Å². The highest BCUT2D eigenvalue weighted by molar-refractivity contribution is 5.94. The van der Waals surface area contributed by atoms with Gasteiger partial charge in [0.1, 0.15) is 0 Å². The predicted molar refractivity (Wildman–Crippen MR) is 84.0 cm³/mol. The van der Waals surface area contributed by atoms with E-state index in [1.165, 1.54) is 25.3 Å². The van der Waals surface area contributed by atoms with E-state index in [9.17, 15) is 13.6 Å². The first-order valence-corrected chi connectivity index (χ1v) is 6.69. The zero-order chi connectivity index (χ0) is 16.4. The zero-order valence-corrected chi connectivity index (χ0v) is 13.8. The van der Waals surface area contributed by atoms with Crippen LogP contribution in [0.3, 0.4) is 0 Å². The first kappa shape index (κ1) is 21.4. The molecule has 0 saturated heterocycles. The van der Waals surface area contributed by atoms with Crippen molar-refractivity contribution in [2.45, 2.75) is 6.61 Å². The van der Waals surface area contributed by atoms with Crippen molar-refractivity contribution in [2.24, 2.45) is 0 Å². The molecule has 0 heterocycles. The van der Waals surface area contributed by atoms with Gasteiger partial charge in [-0.05, 0) is 18.2 Å². The zero-order valence-electron chi connectivity index (χ0n) is 12.9. The minimum atomic E-state index is -2.95. The molecule has 2 N–H and O–H groups in total. The SMILES string of the molecule is COCCNCCNC(=O)c1ccc(OC(F)F)c(OC)c1.Cl. The summed E-state index contributed by atoms with van der Waals surface area (Å²) in [6.07, 6.45) is 0. The molecule has 1 rings (SSSR count). The molecule has 0 radical (unpaired) electrons. The van der Waals surface area contributed by atoms with Crippen LogP contribution in [0.5, 0.6) is 11.5 Å². The molecule has 0 atom stereocenters. The third-order valence-corrected chi connectivity index (χ3v) is 2.71. The van der Waals surface area contributed by atoms with Gasteiger partial charge < -0.3 is 24.8 Å². The average Bonchev–Trinajstić information content (AvgIpc) is 2.50. The Bertz CT molecular complexity index is 478. The number of nitrogens with one attached hydrogen (secondary N) is 2. The molecular formula is C14H21ClF2N2O4. The van der Waals surface area contributed by atoms with Crippen LogP contribution in [0.2, 0.25) is 0 Å². The Morgan fingerprint density at radius 1 is 1.17 bits per heavy atom. The first-order valence-electron chi connectivity index (χ1n) is 6.69. The van der Waals surface area contributed by atoms with Crippen molar-refractivity contribution >= 4 is 18.3 Å². The molecule has 132 valence electrons. The van der Waals surface area contributed by atoms with E-state index in [4.69, 9.17) is 9.47 Å². The van der Waals surface area contributed by atoms with E-state index in [1.54, 1.807) is 7.11 Å². The lowest BCUT2D eigenvalue weighted by Crippen LogP contribution is -2.33. The molecule has 0 aliphatic rings. The number of ether oxygens (including phenoxy) is 3. The molecule has 1 aromatic rings. The topological polar surface area (TPSA) is 68.8 Å². The molecule has 0 fully saturated rings. The lowest BCUT2D eigenvalue weighted by atomic mass is 10.2. The molecule has 0 bridgehead atoms. The maximum Gasteiger partial charge on any atom is 0.387 e. The molecule has 1 aromatic carbocycles. The van der Waals surface area contributed by atoms with Gasteiger partial charge in [0.15, 0.2) is 11.5 Å². The summed E-state index contributed by atoms with van der Waals surface area (Å²) in [5.74, 6) is -0.364. The highest BCUT2D eigenvalue weighted by Crippen LogP contribution is 2.29. The van der Waals surface area contributed by atoms with Gasteiger partial charge in [-0.2, -0.15) is 8.78 Å². The van der Waals surface area contributed by atoms with E-state index < -0.39 is 6.61 Å². The fraction of sp³-hybridized carbons (Fsp3) is 0.500. The van der Waals surface area contributed by atoms with Gasteiger partial charge in [0.2, 0.25) is 0 Å². The highest BCUT2D eigenvalue weighted by atomic mass is 35.5. The molecule has 6 nitrogen and oxygen atoms in total. The van der Waals surface area contributed by atoms with Gasteiger partial charge >= 0.3 is 6.61 Å². The quantitative estimate of drug-likeness (QED) is 0.626. The summed E-state index contributed by atoms with van der Waals surface area (Å²) in [6, 6.07) is 4.02. The number of carbonyl (C=O) groups is 1. The van der Waals surface area contributed by atoms with Crippen molar-refractivity contribution in [1.29, 1.82) is 0 Å². The number of halogens is 3. The van der Waals surface area contributed by atoms with E-state index >= 15 is 0 Å². The summed E-state index contributed by atoms with van der Waals surface area (Å²) in [4.78, 5) is 11.9. The van der Waals surface area contributed by atoms with E-state index in [2.05, 4.69) is 15.4 Å². The second-order valence-corrected chi connectivity index (χ2v) is 4.24. The Labute approximate surface area is 139 Å². The molecule has 0 saturated carbocycles. The standard InChI is InChI=1S/C14H20F2N2O4.ClH/c1-20-8-7-17-5-6-18-13(19)10-3-4-11(22-14(15)16)12(9-10)21-2;/h3-4,9,14,17H,5-8H2,1-2H3,(H,18,19);1H.